The van der Waals surface area contributed by atoms with Crippen LogP contribution >= 0.6 is 15.9 Å². The van der Waals surface area contributed by atoms with Crippen LogP contribution in [0.5, 0.6) is 0 Å². The van der Waals surface area contributed by atoms with Gasteiger partial charge in [0.1, 0.15) is 16.9 Å². The van der Waals surface area contributed by atoms with Crippen LogP contribution in [-0.4, -0.2) is 4.98 Å². The largest absolute Gasteiger partial charge is 0.436 e. The Morgan fingerprint density at radius 3 is 2.58 bits per heavy atom. The van der Waals surface area contributed by atoms with E-state index >= 15 is 0 Å². The summed E-state index contributed by atoms with van der Waals surface area (Å²) < 4.78 is 22.0. The third kappa shape index (κ3) is 3.53. The van der Waals surface area contributed by atoms with Crippen LogP contribution in [0.2, 0.25) is 0 Å². The maximum absolute atomic E-state index is 13.1. The lowest BCUT2D eigenvalue weighted by Gasteiger charge is -2.01. The molecule has 0 aliphatic rings. The highest BCUT2D eigenvalue weighted by molar-refractivity contribution is 9.10. The fourth-order valence-corrected chi connectivity index (χ4v) is 3.43. The Morgan fingerprint density at radius 2 is 1.81 bits per heavy atom. The summed E-state index contributed by atoms with van der Waals surface area (Å²) in [5, 5.41) is 0. The highest BCUT2D eigenvalue weighted by Crippen LogP contribution is 2.26. The Kier molecular flexibility index (Phi) is 4.55. The first-order valence-electron chi connectivity index (χ1n) is 8.44. The summed E-state index contributed by atoms with van der Waals surface area (Å²) >= 11 is 3.55. The molecule has 2 heterocycles. The van der Waals surface area contributed by atoms with Gasteiger partial charge in [0.15, 0.2) is 24.5 Å². The molecule has 0 bridgehead atoms. The number of rotatable bonds is 4. The van der Waals surface area contributed by atoms with Crippen LogP contribution < -0.4 is 4.57 Å². The molecule has 0 fully saturated rings. The summed E-state index contributed by atoms with van der Waals surface area (Å²) in [6.45, 7) is 2.75. The molecule has 3 nitrogen and oxygen atoms in total. The second-order valence-electron chi connectivity index (χ2n) is 6.22. The predicted molar refractivity (Wildman–Crippen MR) is 102 cm³/mol. The summed E-state index contributed by atoms with van der Waals surface area (Å²) in [4.78, 5) is 4.64. The molecule has 0 aliphatic heterocycles. The minimum atomic E-state index is -0.230. The topological polar surface area (TPSA) is 29.9 Å². The molecule has 0 saturated carbocycles. The van der Waals surface area contributed by atoms with Crippen LogP contribution in [0, 0.1) is 5.82 Å². The van der Waals surface area contributed by atoms with Crippen molar-refractivity contribution in [2.45, 2.75) is 19.9 Å². The molecule has 0 N–H and O–H groups in total. The van der Waals surface area contributed by atoms with Crippen LogP contribution in [0.1, 0.15) is 18.1 Å². The second-order valence-corrected chi connectivity index (χ2v) is 7.13. The fraction of sp³-hybridized carbons (Fsp3) is 0.143. The summed E-state index contributed by atoms with van der Waals surface area (Å²) in [6, 6.07) is 14.6. The molecule has 26 heavy (non-hydrogen) atoms. The first kappa shape index (κ1) is 16.9. The van der Waals surface area contributed by atoms with Crippen molar-refractivity contribution >= 4 is 27.0 Å². The smallest absolute Gasteiger partial charge is 0.233 e. The molecule has 0 radical (unpaired) electrons. The summed E-state index contributed by atoms with van der Waals surface area (Å²) in [6.07, 6.45) is 4.93. The molecule has 2 aromatic carbocycles. The first-order chi connectivity index (χ1) is 12.6. The zero-order chi connectivity index (χ0) is 18.1. The molecular formula is C21H17BrFN2O+. The summed E-state index contributed by atoms with van der Waals surface area (Å²) in [5.41, 5.74) is 4.78. The molecule has 130 valence electrons. The summed E-state index contributed by atoms with van der Waals surface area (Å²) in [7, 11) is 0. The van der Waals surface area contributed by atoms with Gasteiger partial charge in [-0.2, -0.15) is 4.57 Å². The van der Waals surface area contributed by atoms with Gasteiger partial charge in [0, 0.05) is 5.56 Å². The third-order valence-corrected chi connectivity index (χ3v) is 4.71. The van der Waals surface area contributed by atoms with Gasteiger partial charge in [-0.1, -0.05) is 13.0 Å². The minimum absolute atomic E-state index is 0.230. The van der Waals surface area contributed by atoms with E-state index < -0.39 is 0 Å². The Morgan fingerprint density at radius 1 is 1.04 bits per heavy atom. The van der Waals surface area contributed by atoms with Crippen molar-refractivity contribution in [2.24, 2.45) is 0 Å². The van der Waals surface area contributed by atoms with Gasteiger partial charge in [-0.05, 0) is 70.4 Å². The van der Waals surface area contributed by atoms with Gasteiger partial charge >= 0.3 is 0 Å². The molecule has 2 aromatic heterocycles. The van der Waals surface area contributed by atoms with Crippen molar-refractivity contribution in [1.29, 1.82) is 0 Å². The zero-order valence-electron chi connectivity index (χ0n) is 14.2. The number of pyridine rings is 1. The number of aromatic nitrogens is 2. The molecule has 5 heteroatoms. The van der Waals surface area contributed by atoms with E-state index in [4.69, 9.17) is 4.42 Å². The molecular weight excluding hydrogens is 395 g/mol. The molecule has 0 saturated heterocycles. The molecule has 0 aliphatic carbocycles. The lowest BCUT2D eigenvalue weighted by Crippen LogP contribution is -2.33. The van der Waals surface area contributed by atoms with Crippen LogP contribution in [0.4, 0.5) is 4.39 Å². The van der Waals surface area contributed by atoms with E-state index in [2.05, 4.69) is 40.0 Å². The van der Waals surface area contributed by atoms with Crippen molar-refractivity contribution < 1.29 is 13.4 Å². The summed E-state index contributed by atoms with van der Waals surface area (Å²) in [5.74, 6) is 0.356. The maximum atomic E-state index is 13.1. The number of halogens is 2. The molecule has 0 unspecified atom stereocenters. The lowest BCUT2D eigenvalue weighted by atomic mass is 10.1. The van der Waals surface area contributed by atoms with E-state index in [1.165, 1.54) is 17.7 Å². The first-order valence-corrected chi connectivity index (χ1v) is 9.24. The number of fused-ring (bicyclic) bond motifs is 1. The Bertz CT molecular complexity index is 1070. The molecule has 0 spiro atoms. The van der Waals surface area contributed by atoms with Crippen LogP contribution in [0.15, 0.2) is 69.8 Å². The molecule has 0 atom stereocenters. The maximum Gasteiger partial charge on any atom is 0.233 e. The number of hydrogen-bond donors (Lipinski definition) is 0. The highest BCUT2D eigenvalue weighted by Gasteiger charge is 2.15. The number of aryl methyl sites for hydroxylation is 1. The van der Waals surface area contributed by atoms with Gasteiger partial charge in [0.2, 0.25) is 5.89 Å². The number of hydrogen-bond acceptors (Lipinski definition) is 2. The van der Waals surface area contributed by atoms with Gasteiger partial charge in [-0.25, -0.2) is 9.37 Å². The van der Waals surface area contributed by atoms with Crippen molar-refractivity contribution in [3.05, 3.63) is 82.3 Å². The van der Waals surface area contributed by atoms with Crippen molar-refractivity contribution in [3.63, 3.8) is 0 Å². The average Bonchev–Trinajstić information content (AvgIpc) is 3.06. The van der Waals surface area contributed by atoms with E-state index in [1.807, 2.05) is 29.1 Å². The van der Waals surface area contributed by atoms with Gasteiger partial charge in [-0.3, -0.25) is 0 Å². The number of oxazole rings is 1. The Balaban J connectivity index is 1.70. The number of benzene rings is 2. The second kappa shape index (κ2) is 7.00. The SMILES string of the molecule is CCc1ccc2oc(-c3cc(Br)c[n+](Cc4ccc(F)cc4)c3)nc2c1. The third-order valence-electron chi connectivity index (χ3n) is 4.27. The standard InChI is InChI=1S/C21H17BrFN2O/c1-2-14-5-8-20-19(9-14)24-21(26-20)16-10-17(22)13-25(12-16)11-15-3-6-18(23)7-4-15/h3-10,12-13H,2,11H2,1H3/q+1. The predicted octanol–water partition coefficient (Wildman–Crippen LogP) is 5.29. The average molecular weight is 412 g/mol. The van der Waals surface area contributed by atoms with E-state index in [9.17, 15) is 4.39 Å². The quantitative estimate of drug-likeness (QED) is 0.426. The van der Waals surface area contributed by atoms with E-state index in [-0.39, 0.29) is 5.82 Å². The van der Waals surface area contributed by atoms with Crippen molar-refractivity contribution in [1.82, 2.24) is 4.98 Å². The van der Waals surface area contributed by atoms with Crippen LogP contribution in [0.3, 0.4) is 0 Å². The van der Waals surface area contributed by atoms with Gasteiger partial charge in [-0.15, -0.1) is 0 Å². The van der Waals surface area contributed by atoms with E-state index in [0.29, 0.717) is 12.4 Å². The van der Waals surface area contributed by atoms with Gasteiger partial charge < -0.3 is 4.42 Å². The minimum Gasteiger partial charge on any atom is -0.436 e. The van der Waals surface area contributed by atoms with Gasteiger partial charge in [0.05, 0.1) is 4.47 Å². The zero-order valence-corrected chi connectivity index (χ0v) is 15.8. The van der Waals surface area contributed by atoms with Crippen molar-refractivity contribution in [3.8, 4) is 11.5 Å². The van der Waals surface area contributed by atoms with Gasteiger partial charge in [0.25, 0.3) is 0 Å². The lowest BCUT2D eigenvalue weighted by molar-refractivity contribution is -0.688. The van der Waals surface area contributed by atoms with E-state index in [1.54, 1.807) is 12.1 Å². The molecule has 4 aromatic rings. The normalized spacial score (nSPS) is 11.2. The highest BCUT2D eigenvalue weighted by atomic mass is 79.9. The Hall–Kier alpha value is -2.53. The van der Waals surface area contributed by atoms with Crippen LogP contribution in [0.25, 0.3) is 22.6 Å². The van der Waals surface area contributed by atoms with E-state index in [0.717, 1.165) is 33.1 Å². The van der Waals surface area contributed by atoms with Crippen LogP contribution in [-0.2, 0) is 13.0 Å². The molecule has 0 amide bonds. The molecule has 4 rings (SSSR count). The number of nitrogens with zero attached hydrogens (tertiary/aromatic N) is 2. The fourth-order valence-electron chi connectivity index (χ4n) is 2.92. The van der Waals surface area contributed by atoms with Crippen molar-refractivity contribution in [2.75, 3.05) is 0 Å². The monoisotopic (exact) mass is 411 g/mol. The Labute approximate surface area is 159 Å².